The van der Waals surface area contributed by atoms with E-state index < -0.39 is 0 Å². The van der Waals surface area contributed by atoms with Crippen LogP contribution in [-0.2, 0) is 0 Å². The van der Waals surface area contributed by atoms with Gasteiger partial charge in [-0.2, -0.15) is 0 Å². The van der Waals surface area contributed by atoms with E-state index in [2.05, 4.69) is 38.0 Å². The largest absolute Gasteiger partial charge is 0.115 e. The molecular weight excluding hydrogens is 168 g/mol. The Kier molecular flexibility index (Phi) is 2.02. The van der Waals surface area contributed by atoms with Crippen LogP contribution in [0, 0.1) is 26.2 Å². The Morgan fingerprint density at radius 2 is 1.64 bits per heavy atom. The summed E-state index contributed by atoms with van der Waals surface area (Å²) in [5.74, 6) is 2.77. The van der Waals surface area contributed by atoms with Gasteiger partial charge in [-0.1, -0.05) is 36.3 Å². The number of terminal acetylenes is 1. The van der Waals surface area contributed by atoms with Gasteiger partial charge in [0.25, 0.3) is 0 Å². The predicted molar refractivity (Wildman–Crippen MR) is 61.4 cm³/mol. The third kappa shape index (κ3) is 1.18. The average Bonchev–Trinajstić information content (AvgIpc) is 2.18. The van der Waals surface area contributed by atoms with Crippen molar-refractivity contribution in [3.63, 3.8) is 0 Å². The van der Waals surface area contributed by atoms with Gasteiger partial charge in [0, 0.05) is 5.56 Å². The first-order chi connectivity index (χ1) is 6.74. The highest BCUT2D eigenvalue weighted by Crippen LogP contribution is 2.24. The van der Waals surface area contributed by atoms with Crippen molar-refractivity contribution in [1.82, 2.24) is 0 Å². The molecule has 0 heterocycles. The van der Waals surface area contributed by atoms with Crippen molar-refractivity contribution in [3.05, 3.63) is 47.0 Å². The smallest absolute Gasteiger partial charge is 0.0350 e. The third-order valence-corrected chi connectivity index (χ3v) is 2.59. The van der Waals surface area contributed by atoms with E-state index in [1.54, 1.807) is 0 Å². The van der Waals surface area contributed by atoms with Gasteiger partial charge in [0.05, 0.1) is 0 Å². The van der Waals surface area contributed by atoms with Crippen molar-refractivity contribution in [2.45, 2.75) is 13.8 Å². The van der Waals surface area contributed by atoms with Crippen LogP contribution in [0.25, 0.3) is 10.8 Å². The molecule has 0 N–H and O–H groups in total. The second-order valence-corrected chi connectivity index (χ2v) is 3.58. The highest BCUT2D eigenvalue weighted by atomic mass is 14.1. The fraction of sp³-hybridized carbons (Fsp3) is 0.143. The Hall–Kier alpha value is -1.74. The molecule has 0 nitrogen and oxygen atoms in total. The number of hydrogen-bond acceptors (Lipinski definition) is 0. The van der Waals surface area contributed by atoms with E-state index in [9.17, 15) is 0 Å². The van der Waals surface area contributed by atoms with E-state index in [0.717, 1.165) is 5.56 Å². The quantitative estimate of drug-likeness (QED) is 0.545. The molecule has 2 aromatic rings. The zero-order valence-electron chi connectivity index (χ0n) is 8.46. The van der Waals surface area contributed by atoms with Crippen LogP contribution in [-0.4, -0.2) is 0 Å². The van der Waals surface area contributed by atoms with Gasteiger partial charge >= 0.3 is 0 Å². The molecule has 2 rings (SSSR count). The second-order valence-electron chi connectivity index (χ2n) is 3.58. The van der Waals surface area contributed by atoms with Crippen molar-refractivity contribution in [3.8, 4) is 12.3 Å². The summed E-state index contributed by atoms with van der Waals surface area (Å²) >= 11 is 0. The summed E-state index contributed by atoms with van der Waals surface area (Å²) < 4.78 is 0. The topological polar surface area (TPSA) is 0 Å². The van der Waals surface area contributed by atoms with Crippen molar-refractivity contribution < 1.29 is 0 Å². The lowest BCUT2D eigenvalue weighted by Gasteiger charge is -2.07. The predicted octanol–water partition coefficient (Wildman–Crippen LogP) is 3.44. The van der Waals surface area contributed by atoms with E-state index in [1.807, 2.05) is 12.1 Å². The Balaban J connectivity index is 3.00. The molecule has 14 heavy (non-hydrogen) atoms. The van der Waals surface area contributed by atoms with Crippen LogP contribution in [0.3, 0.4) is 0 Å². The molecule has 0 spiro atoms. The molecule has 0 amide bonds. The molecule has 2 aromatic carbocycles. The van der Waals surface area contributed by atoms with Gasteiger partial charge in [-0.3, -0.25) is 0 Å². The van der Waals surface area contributed by atoms with Crippen LogP contribution in [0.1, 0.15) is 16.7 Å². The molecule has 0 unspecified atom stereocenters. The SMILES string of the molecule is C#Cc1c(C)cc(C)c2ccccc12. The number of hydrogen-bond donors (Lipinski definition) is 0. The minimum Gasteiger partial charge on any atom is -0.115 e. The second kappa shape index (κ2) is 3.20. The van der Waals surface area contributed by atoms with E-state index in [-0.39, 0.29) is 0 Å². The minimum atomic E-state index is 1.02. The first-order valence-electron chi connectivity index (χ1n) is 4.69. The molecule has 0 aliphatic heterocycles. The third-order valence-electron chi connectivity index (χ3n) is 2.59. The number of aryl methyl sites for hydroxylation is 2. The van der Waals surface area contributed by atoms with E-state index in [4.69, 9.17) is 6.42 Å². The molecule has 0 saturated heterocycles. The number of benzene rings is 2. The van der Waals surface area contributed by atoms with Crippen LogP contribution < -0.4 is 0 Å². The minimum absolute atomic E-state index is 1.02. The standard InChI is InChI=1S/C14H12/c1-4-12-10(2)9-11(3)13-7-5-6-8-14(12)13/h1,5-9H,2-3H3. The Morgan fingerprint density at radius 1 is 1.00 bits per heavy atom. The van der Waals surface area contributed by atoms with Crippen molar-refractivity contribution in [2.24, 2.45) is 0 Å². The average molecular weight is 180 g/mol. The number of rotatable bonds is 0. The Morgan fingerprint density at radius 3 is 2.29 bits per heavy atom. The monoisotopic (exact) mass is 180 g/mol. The molecule has 0 bridgehead atoms. The molecule has 0 radical (unpaired) electrons. The number of fused-ring (bicyclic) bond motifs is 1. The fourth-order valence-electron chi connectivity index (χ4n) is 1.92. The molecular formula is C14H12. The van der Waals surface area contributed by atoms with Gasteiger partial charge in [0.15, 0.2) is 0 Å². The van der Waals surface area contributed by atoms with Gasteiger partial charge in [-0.05, 0) is 35.7 Å². The summed E-state index contributed by atoms with van der Waals surface area (Å²) in [5, 5.41) is 2.44. The first kappa shape index (κ1) is 8.84. The van der Waals surface area contributed by atoms with Crippen LogP contribution in [0.4, 0.5) is 0 Å². The summed E-state index contributed by atoms with van der Waals surface area (Å²) in [4.78, 5) is 0. The van der Waals surface area contributed by atoms with Gasteiger partial charge in [0.1, 0.15) is 0 Å². The molecule has 0 saturated carbocycles. The summed E-state index contributed by atoms with van der Waals surface area (Å²) in [6.45, 7) is 4.18. The lowest BCUT2D eigenvalue weighted by molar-refractivity contribution is 1.41. The lowest BCUT2D eigenvalue weighted by atomic mass is 9.96. The van der Waals surface area contributed by atoms with Gasteiger partial charge < -0.3 is 0 Å². The highest BCUT2D eigenvalue weighted by Gasteiger charge is 2.04. The summed E-state index contributed by atoms with van der Waals surface area (Å²) in [6.07, 6.45) is 5.52. The van der Waals surface area contributed by atoms with Crippen LogP contribution in [0.5, 0.6) is 0 Å². The fourth-order valence-corrected chi connectivity index (χ4v) is 1.92. The normalized spacial score (nSPS) is 10.1. The molecule has 0 atom stereocenters. The molecule has 0 heteroatoms. The van der Waals surface area contributed by atoms with E-state index in [0.29, 0.717) is 0 Å². The van der Waals surface area contributed by atoms with Crippen molar-refractivity contribution in [2.75, 3.05) is 0 Å². The summed E-state index contributed by atoms with van der Waals surface area (Å²) in [5.41, 5.74) is 3.49. The molecule has 0 aliphatic carbocycles. The van der Waals surface area contributed by atoms with Crippen LogP contribution in [0.2, 0.25) is 0 Å². The maximum absolute atomic E-state index is 5.52. The maximum Gasteiger partial charge on any atom is 0.0350 e. The van der Waals surface area contributed by atoms with Crippen LogP contribution >= 0.6 is 0 Å². The van der Waals surface area contributed by atoms with Gasteiger partial charge in [0.2, 0.25) is 0 Å². The zero-order chi connectivity index (χ0) is 10.1. The van der Waals surface area contributed by atoms with E-state index in [1.165, 1.54) is 21.9 Å². The van der Waals surface area contributed by atoms with Crippen molar-refractivity contribution >= 4 is 10.8 Å². The summed E-state index contributed by atoms with van der Waals surface area (Å²) in [6, 6.07) is 10.4. The van der Waals surface area contributed by atoms with Crippen molar-refractivity contribution in [1.29, 1.82) is 0 Å². The van der Waals surface area contributed by atoms with Gasteiger partial charge in [-0.25, -0.2) is 0 Å². The molecule has 0 fully saturated rings. The molecule has 0 aliphatic rings. The van der Waals surface area contributed by atoms with E-state index >= 15 is 0 Å². The maximum atomic E-state index is 5.52. The summed E-state index contributed by atoms with van der Waals surface area (Å²) in [7, 11) is 0. The Bertz CT molecular complexity index is 527. The highest BCUT2D eigenvalue weighted by molar-refractivity contribution is 5.91. The Labute approximate surface area is 84.6 Å². The molecule has 0 aromatic heterocycles. The van der Waals surface area contributed by atoms with Crippen LogP contribution in [0.15, 0.2) is 30.3 Å². The first-order valence-corrected chi connectivity index (χ1v) is 4.69. The molecule has 68 valence electrons. The lowest BCUT2D eigenvalue weighted by Crippen LogP contribution is -1.88. The zero-order valence-corrected chi connectivity index (χ0v) is 8.46. The van der Waals surface area contributed by atoms with Gasteiger partial charge in [-0.15, -0.1) is 6.42 Å².